The van der Waals surface area contributed by atoms with Crippen molar-refractivity contribution in [1.29, 1.82) is 0 Å². The second-order valence-electron chi connectivity index (χ2n) is 62.8. The van der Waals surface area contributed by atoms with Crippen LogP contribution in [0.1, 0.15) is 420 Å². The Bertz CT molecular complexity index is 5040. The summed E-state index contributed by atoms with van der Waals surface area (Å²) in [6, 6.07) is 0. The Morgan fingerprint density at radius 1 is 0.288 bits per heavy atom. The third kappa shape index (κ3) is 13.4. The van der Waals surface area contributed by atoms with Crippen LogP contribution in [-0.4, -0.2) is 193 Å². The van der Waals surface area contributed by atoms with Gasteiger partial charge in [-0.2, -0.15) is 0 Å². The van der Waals surface area contributed by atoms with Gasteiger partial charge in [-0.3, -0.25) is 9.59 Å². The number of aliphatic hydroxyl groups is 13. The van der Waals surface area contributed by atoms with Crippen LogP contribution in [0.5, 0.6) is 0 Å². The highest BCUT2D eigenvalue weighted by Crippen LogP contribution is 2.95. The molecule has 21 nitrogen and oxygen atoms in total. The van der Waals surface area contributed by atoms with Crippen LogP contribution in [0.4, 0.5) is 0 Å². The fourth-order valence-corrected chi connectivity index (χ4v) is 46.1. The Hall–Kier alpha value is -3.42. The van der Waals surface area contributed by atoms with Crippen LogP contribution in [0, 0.1) is 185 Å². The molecular formula is C125H198O21. The van der Waals surface area contributed by atoms with E-state index >= 15 is 0 Å². The van der Waals surface area contributed by atoms with Gasteiger partial charge in [0, 0.05) is 57.2 Å². The summed E-state index contributed by atoms with van der Waals surface area (Å²) in [6.07, 6.45) is 25.4. The summed E-state index contributed by atoms with van der Waals surface area (Å²) >= 11 is 0. The van der Waals surface area contributed by atoms with Crippen molar-refractivity contribution in [3.05, 3.63) is 45.3 Å². The number of rotatable bonds is 9. The number of aliphatic hydroxyl groups excluding tert-OH is 10. The molecule has 0 aromatic carbocycles. The minimum absolute atomic E-state index is 0.0197. The van der Waals surface area contributed by atoms with Gasteiger partial charge in [0.1, 0.15) is 78.0 Å². The molecule has 0 amide bonds. The molecule has 16 fully saturated rings. The summed E-state index contributed by atoms with van der Waals surface area (Å²) in [5, 5.41) is 147. The normalized spacial score (nSPS) is 53.2. The van der Waals surface area contributed by atoms with E-state index in [0.717, 1.165) is 134 Å². The van der Waals surface area contributed by atoms with Crippen molar-refractivity contribution in [2.45, 2.75) is 535 Å². The topological polar surface area (TPSA) is 353 Å². The second-order valence-corrected chi connectivity index (χ2v) is 62.8. The van der Waals surface area contributed by atoms with E-state index in [1.807, 2.05) is 0 Å². The maximum atomic E-state index is 12.3. The first-order chi connectivity index (χ1) is 67.1. The van der Waals surface area contributed by atoms with Crippen LogP contribution >= 0.6 is 0 Å². The van der Waals surface area contributed by atoms with Gasteiger partial charge in [-0.15, -0.1) is 0 Å². The Labute approximate surface area is 875 Å². The van der Waals surface area contributed by atoms with Crippen LogP contribution in [0.15, 0.2) is 45.3 Å². The van der Waals surface area contributed by atoms with Gasteiger partial charge in [0.25, 0.3) is 0 Å². The lowest BCUT2D eigenvalue weighted by Crippen LogP contribution is -2.59. The zero-order valence-corrected chi connectivity index (χ0v) is 95.9. The summed E-state index contributed by atoms with van der Waals surface area (Å²) in [7, 11) is 0. The monoisotopic (exact) mass is 2040 g/mol. The van der Waals surface area contributed by atoms with E-state index < -0.39 is 95.9 Å². The maximum Gasteiger partial charge on any atom is 0.303 e. The van der Waals surface area contributed by atoms with Crippen molar-refractivity contribution in [2.24, 2.45) is 185 Å². The van der Waals surface area contributed by atoms with E-state index in [-0.39, 0.29) is 135 Å². The molecule has 20 aliphatic carbocycles. The standard InChI is InChI=1S/2C32H50O6.C31H50O4.C30H48O5/c2*1-17-15-19(26(28(5,6)36)37-18(2)33)38-24-23(17)29(7)13-14-32-16-31(32)12-11-22(34)27(3,4)20(31)9-10-21(32)30(29,8)25(24)35;1-17-15-18(24(33)26(2,3)4)35-23-22(17)28(7)13-14-31-16-30(31)12-11-21(32)27(5,6)19(30)9-10-20(31)29(28,8)25(23)34;1-16-14-17(23(32)26(4,5)34)35-22-21(16)27(6)12-13-30-15-29(30)11-10-20(31)25(2,3)18(29)8-9-19(30)28(27,7)24(22)33/h2*17,19-22,25-26,34-36H,9-16H2,1-8H3;17-21,24-25,32-34H,9-16H2,1-8H3;16-20,23-24,31-34H,8-15H2,1-7H3/t17-,19-,20+,21+,22+,25+,26+,29-,30-,31-,32+;17-,19-,20+,21+,22+,25+,26-,29-,30-,31-,32+;17-,18-,19+,20+,21+,24+,25+,28-,29-,30-,31+;16-,17-,18+,19+,20+,23-,24+,27-,28-,29-,30+/m1111/s1. The molecule has 0 saturated heterocycles. The van der Waals surface area contributed by atoms with Gasteiger partial charge in [-0.25, -0.2) is 0 Å². The Morgan fingerprint density at radius 2 is 0.486 bits per heavy atom. The molecule has 0 aromatic heterocycles. The highest BCUT2D eigenvalue weighted by atomic mass is 16.6. The van der Waals surface area contributed by atoms with E-state index in [1.165, 1.54) is 93.9 Å². The molecule has 4 aliphatic heterocycles. The minimum atomic E-state index is -1.26. The fraction of sp³-hybridized carbons (Fsp3) is 0.920. The lowest BCUT2D eigenvalue weighted by atomic mass is 9.41. The number of hydrogen-bond acceptors (Lipinski definition) is 21. The molecule has 13 N–H and O–H groups in total. The minimum Gasteiger partial charge on any atom is -0.489 e. The summed E-state index contributed by atoms with van der Waals surface area (Å²) in [4.78, 5) is 23.9. The molecule has 0 bridgehead atoms. The fourth-order valence-electron chi connectivity index (χ4n) is 46.1. The van der Waals surface area contributed by atoms with E-state index in [1.54, 1.807) is 41.5 Å². The molecule has 24 rings (SSSR count). The SMILES string of the molecule is CC(=O)O[C@@H]([C@H]1C[C@@H](C)C2=C(O1)[C@H](O)[C@@]1(C)[C@@H]3CC[C@H]4C(C)(C)[C@@H](O)CC[C@@]45C[C@@]35CC[C@]21C)C(C)(C)O.CC(=O)O[C@H]([C@H]1C[C@@H](C)C2=C(O1)[C@H](O)[C@@]1(C)[C@@H]3CC[C@H]4C(C)(C)[C@@H](O)CC[C@@]45C[C@@]35CC[C@]21C)C(C)(C)O.C[C@@H]1C[C@H]([C@@H](O)C(C)(C)O)OC2=C1[C@@]1(C)CC[C@@]34C[C@@]35CC[C@H](O)C(C)(C)[C@@H]5CC[C@H]4[C@]1(C)[C@H]2O.C[C@@H]1C[C@H]([C@H](O)C(C)(C)C)OC2=C1[C@@]1(C)CC[C@@]34C[C@@]35CC[C@H](O)C(C)(C)[C@@H]5CC[C@H]4[C@]1(C)[C@H]2O. The van der Waals surface area contributed by atoms with Crippen molar-refractivity contribution >= 4 is 11.9 Å². The number of allylic oxidation sites excluding steroid dienone is 4. The smallest absolute Gasteiger partial charge is 0.303 e. The molecule has 824 valence electrons. The molecule has 44 atom stereocenters. The van der Waals surface area contributed by atoms with Crippen LogP contribution in [0.3, 0.4) is 0 Å². The highest BCUT2D eigenvalue weighted by molar-refractivity contribution is 5.67. The molecule has 146 heavy (non-hydrogen) atoms. The first kappa shape index (κ1) is 108. The van der Waals surface area contributed by atoms with Crippen LogP contribution in [0.2, 0.25) is 0 Å². The average molecular weight is 2040 g/mol. The zero-order valence-electron chi connectivity index (χ0n) is 95.9. The first-order valence-electron chi connectivity index (χ1n) is 59.1. The van der Waals surface area contributed by atoms with Gasteiger partial charge in [-0.05, 0) is 411 Å². The summed E-state index contributed by atoms with van der Waals surface area (Å²) in [5.74, 6) is 6.81. The second kappa shape index (κ2) is 32.7. The van der Waals surface area contributed by atoms with Crippen LogP contribution < -0.4 is 0 Å². The van der Waals surface area contributed by atoms with Crippen molar-refractivity contribution in [3.8, 4) is 0 Å². The molecule has 16 saturated carbocycles. The predicted octanol–water partition coefficient (Wildman–Crippen LogP) is 20.7. The van der Waals surface area contributed by atoms with Crippen molar-refractivity contribution in [1.82, 2.24) is 0 Å². The van der Waals surface area contributed by atoms with E-state index in [9.17, 15) is 76.0 Å². The van der Waals surface area contributed by atoms with Crippen molar-refractivity contribution in [2.75, 3.05) is 0 Å². The predicted molar refractivity (Wildman–Crippen MR) is 559 cm³/mol. The number of esters is 2. The quantitative estimate of drug-likeness (QED) is 0.0954. The van der Waals surface area contributed by atoms with Gasteiger partial charge in [0.15, 0.2) is 12.2 Å². The maximum absolute atomic E-state index is 12.3. The van der Waals surface area contributed by atoms with Crippen molar-refractivity contribution < 1.29 is 104 Å². The zero-order chi connectivity index (χ0) is 107. The number of carbonyl (C=O) groups is 2. The molecular weight excluding hydrogens is 1840 g/mol. The lowest BCUT2D eigenvalue weighted by Gasteiger charge is -2.63. The number of carbonyl (C=O) groups excluding carboxylic acids is 2. The number of hydrogen-bond donors (Lipinski definition) is 13. The third-order valence-electron chi connectivity index (χ3n) is 53.8. The summed E-state index contributed by atoms with van der Waals surface area (Å²) in [5.41, 5.74) is 1.54. The molecule has 21 heteroatoms. The Balaban J connectivity index is 0.000000114. The largest absolute Gasteiger partial charge is 0.489 e. The van der Waals surface area contributed by atoms with Crippen LogP contribution in [0.25, 0.3) is 0 Å². The molecule has 4 heterocycles. The van der Waals surface area contributed by atoms with E-state index in [4.69, 9.17) is 28.4 Å². The number of ether oxygens (including phenoxy) is 6. The average Bonchev–Trinajstić information content (AvgIpc) is 1.47. The summed E-state index contributed by atoms with van der Waals surface area (Å²) in [6.45, 7) is 65.1. The van der Waals surface area contributed by atoms with Gasteiger partial charge >= 0.3 is 11.9 Å². The Kier molecular flexibility index (Phi) is 24.2. The highest BCUT2D eigenvalue weighted by Gasteiger charge is 2.90. The van der Waals surface area contributed by atoms with E-state index in [2.05, 4.69) is 159 Å². The number of fused-ring (bicyclic) bond motifs is 12. The third-order valence-corrected chi connectivity index (χ3v) is 53.8. The van der Waals surface area contributed by atoms with Gasteiger partial charge < -0.3 is 94.8 Å². The molecule has 24 aliphatic rings. The Morgan fingerprint density at radius 3 is 0.692 bits per heavy atom. The van der Waals surface area contributed by atoms with E-state index in [0.29, 0.717) is 117 Å². The molecule has 8 spiro atoms. The lowest BCUT2D eigenvalue weighted by molar-refractivity contribution is -0.184. The molecule has 0 aromatic rings. The molecule has 0 unspecified atom stereocenters. The van der Waals surface area contributed by atoms with Gasteiger partial charge in [-0.1, -0.05) is 159 Å². The first-order valence-corrected chi connectivity index (χ1v) is 59.1. The van der Waals surface area contributed by atoms with Gasteiger partial charge in [0.05, 0.1) is 47.3 Å². The van der Waals surface area contributed by atoms with Crippen molar-refractivity contribution in [3.63, 3.8) is 0 Å². The van der Waals surface area contributed by atoms with Crippen LogP contribution in [-0.2, 0) is 38.0 Å². The van der Waals surface area contributed by atoms with Gasteiger partial charge in [0.2, 0.25) is 0 Å². The summed E-state index contributed by atoms with van der Waals surface area (Å²) < 4.78 is 37.6. The molecule has 0 radical (unpaired) electrons.